The van der Waals surface area contributed by atoms with Crippen molar-refractivity contribution in [1.82, 2.24) is 5.32 Å². The number of rotatable bonds is 6. The van der Waals surface area contributed by atoms with Crippen LogP contribution in [0.15, 0.2) is 18.2 Å². The van der Waals surface area contributed by atoms with Gasteiger partial charge in [0.15, 0.2) is 5.78 Å². The first-order valence-corrected chi connectivity index (χ1v) is 8.12. The van der Waals surface area contributed by atoms with Gasteiger partial charge in [0, 0.05) is 23.7 Å². The number of carbonyl (C=O) groups excluding carboxylic acids is 1. The molecule has 2 rings (SSSR count). The number of Topliss-reactive ketones (excluding diaryl/α,β-unsaturated/α-hetero) is 1. The third-order valence-electron chi connectivity index (χ3n) is 4.43. The van der Waals surface area contributed by atoms with Gasteiger partial charge in [-0.05, 0) is 50.8 Å². The van der Waals surface area contributed by atoms with Crippen LogP contribution in [0.4, 0.5) is 0 Å². The molecule has 2 atom stereocenters. The largest absolute Gasteiger partial charge is 0.494 e. The fraction of sp³-hybridized carbons (Fsp3) is 0.611. The van der Waals surface area contributed by atoms with E-state index in [1.807, 2.05) is 25.1 Å². The molecule has 21 heavy (non-hydrogen) atoms. The van der Waals surface area contributed by atoms with Crippen LogP contribution in [-0.2, 0) is 6.54 Å². The molecule has 1 aliphatic carbocycles. The molecule has 116 valence electrons. The molecule has 1 aromatic carbocycles. The summed E-state index contributed by atoms with van der Waals surface area (Å²) < 4.78 is 5.69. The fourth-order valence-electron chi connectivity index (χ4n) is 3.09. The second-order valence-electron chi connectivity index (χ2n) is 6.06. The summed E-state index contributed by atoms with van der Waals surface area (Å²) in [6, 6.07) is 6.31. The quantitative estimate of drug-likeness (QED) is 0.806. The van der Waals surface area contributed by atoms with Crippen molar-refractivity contribution in [2.75, 3.05) is 6.61 Å². The number of ether oxygens (including phenoxy) is 1. The number of hydrogen-bond acceptors (Lipinski definition) is 3. The molecule has 0 radical (unpaired) electrons. The fourth-order valence-corrected chi connectivity index (χ4v) is 3.09. The molecule has 3 heteroatoms. The highest BCUT2D eigenvalue weighted by Crippen LogP contribution is 2.26. The molecule has 0 spiro atoms. The highest BCUT2D eigenvalue weighted by atomic mass is 16.5. The number of benzene rings is 1. The maximum atomic E-state index is 11.6. The smallest absolute Gasteiger partial charge is 0.159 e. The molecular weight excluding hydrogens is 262 g/mol. The number of carbonyl (C=O) groups is 1. The second kappa shape index (κ2) is 7.60. The minimum absolute atomic E-state index is 0.102. The first-order valence-electron chi connectivity index (χ1n) is 8.12. The van der Waals surface area contributed by atoms with Crippen molar-refractivity contribution in [3.05, 3.63) is 29.3 Å². The molecule has 0 amide bonds. The van der Waals surface area contributed by atoms with Crippen molar-refractivity contribution in [3.63, 3.8) is 0 Å². The van der Waals surface area contributed by atoms with Crippen LogP contribution in [0.2, 0.25) is 0 Å². The summed E-state index contributed by atoms with van der Waals surface area (Å²) in [5, 5.41) is 3.66. The Morgan fingerprint density at radius 3 is 2.76 bits per heavy atom. The van der Waals surface area contributed by atoms with Gasteiger partial charge in [0.2, 0.25) is 0 Å². The third kappa shape index (κ3) is 4.31. The van der Waals surface area contributed by atoms with Crippen LogP contribution in [0.5, 0.6) is 5.75 Å². The summed E-state index contributed by atoms with van der Waals surface area (Å²) in [6.45, 7) is 7.33. The molecule has 3 nitrogen and oxygen atoms in total. The normalized spacial score (nSPS) is 22.0. The minimum Gasteiger partial charge on any atom is -0.494 e. The average Bonchev–Trinajstić information content (AvgIpc) is 2.47. The van der Waals surface area contributed by atoms with E-state index in [0.717, 1.165) is 29.3 Å². The van der Waals surface area contributed by atoms with Crippen LogP contribution in [-0.4, -0.2) is 18.4 Å². The average molecular weight is 289 g/mol. The van der Waals surface area contributed by atoms with E-state index < -0.39 is 0 Å². The van der Waals surface area contributed by atoms with Crippen LogP contribution in [0, 0.1) is 5.92 Å². The summed E-state index contributed by atoms with van der Waals surface area (Å²) in [4.78, 5) is 11.6. The van der Waals surface area contributed by atoms with Gasteiger partial charge in [-0.2, -0.15) is 0 Å². The highest BCUT2D eigenvalue weighted by molar-refractivity contribution is 5.94. The van der Waals surface area contributed by atoms with Gasteiger partial charge in [-0.25, -0.2) is 0 Å². The molecule has 2 unspecified atom stereocenters. The Labute approximate surface area is 128 Å². The van der Waals surface area contributed by atoms with Crippen molar-refractivity contribution >= 4 is 5.78 Å². The van der Waals surface area contributed by atoms with Crippen LogP contribution in [0.1, 0.15) is 62.4 Å². The highest BCUT2D eigenvalue weighted by Gasteiger charge is 2.21. The molecule has 1 aromatic rings. The lowest BCUT2D eigenvalue weighted by molar-refractivity contribution is 0.101. The van der Waals surface area contributed by atoms with Crippen molar-refractivity contribution in [3.8, 4) is 5.75 Å². The van der Waals surface area contributed by atoms with Crippen molar-refractivity contribution in [2.24, 2.45) is 5.92 Å². The van der Waals surface area contributed by atoms with Gasteiger partial charge in [0.05, 0.1) is 6.61 Å². The Hall–Kier alpha value is -1.35. The molecule has 0 aliphatic heterocycles. The Kier molecular flexibility index (Phi) is 5.80. The van der Waals surface area contributed by atoms with E-state index in [2.05, 4.69) is 12.2 Å². The van der Waals surface area contributed by atoms with Gasteiger partial charge in [0.25, 0.3) is 0 Å². The van der Waals surface area contributed by atoms with E-state index in [4.69, 9.17) is 4.74 Å². The Morgan fingerprint density at radius 2 is 2.10 bits per heavy atom. The van der Waals surface area contributed by atoms with Gasteiger partial charge in [0.1, 0.15) is 5.75 Å². The van der Waals surface area contributed by atoms with E-state index in [1.54, 1.807) is 6.92 Å². The zero-order chi connectivity index (χ0) is 15.2. The lowest BCUT2D eigenvalue weighted by atomic mass is 9.86. The lowest BCUT2D eigenvalue weighted by Crippen LogP contribution is -2.36. The van der Waals surface area contributed by atoms with Gasteiger partial charge in [-0.15, -0.1) is 0 Å². The Morgan fingerprint density at radius 1 is 1.33 bits per heavy atom. The van der Waals surface area contributed by atoms with E-state index >= 15 is 0 Å². The Balaban J connectivity index is 2.08. The predicted molar refractivity (Wildman–Crippen MR) is 85.9 cm³/mol. The van der Waals surface area contributed by atoms with Gasteiger partial charge < -0.3 is 10.1 Å². The van der Waals surface area contributed by atoms with E-state index in [9.17, 15) is 4.79 Å². The predicted octanol–water partition coefficient (Wildman–Crippen LogP) is 3.96. The molecule has 0 aromatic heterocycles. The number of ketones is 1. The molecule has 0 saturated heterocycles. The van der Waals surface area contributed by atoms with E-state index in [-0.39, 0.29) is 5.78 Å². The summed E-state index contributed by atoms with van der Waals surface area (Å²) >= 11 is 0. The number of nitrogens with one attached hydrogen (secondary N) is 1. The van der Waals surface area contributed by atoms with Crippen molar-refractivity contribution < 1.29 is 9.53 Å². The van der Waals surface area contributed by atoms with E-state index in [1.165, 1.54) is 25.7 Å². The van der Waals surface area contributed by atoms with Crippen molar-refractivity contribution in [2.45, 2.75) is 59.0 Å². The molecule has 0 bridgehead atoms. The second-order valence-corrected chi connectivity index (χ2v) is 6.06. The summed E-state index contributed by atoms with van der Waals surface area (Å²) in [7, 11) is 0. The van der Waals surface area contributed by atoms with Gasteiger partial charge in [-0.1, -0.05) is 19.8 Å². The summed E-state index contributed by atoms with van der Waals surface area (Å²) in [6.07, 6.45) is 5.22. The topological polar surface area (TPSA) is 38.3 Å². The lowest BCUT2D eigenvalue weighted by Gasteiger charge is -2.30. The molecule has 1 fully saturated rings. The van der Waals surface area contributed by atoms with Gasteiger partial charge in [-0.3, -0.25) is 4.79 Å². The van der Waals surface area contributed by atoms with Crippen LogP contribution in [0.25, 0.3) is 0 Å². The van der Waals surface area contributed by atoms with Crippen LogP contribution in [0.3, 0.4) is 0 Å². The SMILES string of the molecule is CCOc1ccc(C(C)=O)cc1CNC1CCCCC1C. The summed E-state index contributed by atoms with van der Waals surface area (Å²) in [5.41, 5.74) is 1.84. The first kappa shape index (κ1) is 16.0. The van der Waals surface area contributed by atoms with Crippen LogP contribution >= 0.6 is 0 Å². The molecule has 0 heterocycles. The standard InChI is InChI=1S/C18H27NO2/c1-4-21-18-10-9-15(14(3)20)11-16(18)12-19-17-8-6-5-7-13(17)2/h9-11,13,17,19H,4-8,12H2,1-3H3. The van der Waals surface area contributed by atoms with E-state index in [0.29, 0.717) is 12.6 Å². The monoisotopic (exact) mass is 289 g/mol. The maximum absolute atomic E-state index is 11.6. The Bertz CT molecular complexity index is 484. The number of hydrogen-bond donors (Lipinski definition) is 1. The maximum Gasteiger partial charge on any atom is 0.159 e. The molecular formula is C18H27NO2. The molecule has 1 aliphatic rings. The van der Waals surface area contributed by atoms with Gasteiger partial charge >= 0.3 is 0 Å². The molecule has 1 saturated carbocycles. The molecule has 1 N–H and O–H groups in total. The van der Waals surface area contributed by atoms with Crippen molar-refractivity contribution in [1.29, 1.82) is 0 Å². The third-order valence-corrected chi connectivity index (χ3v) is 4.43. The van der Waals surface area contributed by atoms with Crippen LogP contribution < -0.4 is 10.1 Å². The first-order chi connectivity index (χ1) is 10.1. The zero-order valence-electron chi connectivity index (χ0n) is 13.4. The summed E-state index contributed by atoms with van der Waals surface area (Å²) in [5.74, 6) is 1.72. The zero-order valence-corrected chi connectivity index (χ0v) is 13.4. The minimum atomic E-state index is 0.102.